The minimum absolute atomic E-state index is 0.00916. The maximum atomic E-state index is 13.5. The Bertz CT molecular complexity index is 1100. The van der Waals surface area contributed by atoms with Gasteiger partial charge in [-0.2, -0.15) is 0 Å². The Morgan fingerprint density at radius 3 is 1.08 bits per heavy atom. The third kappa shape index (κ3) is 22.5. The molecular formula is C36H59N3O10. The molecule has 0 fully saturated rings. The molecule has 278 valence electrons. The fraction of sp³-hybridized carbons (Fsp3) is 0.694. The summed E-state index contributed by atoms with van der Waals surface area (Å²) in [7, 11) is 0. The number of benzene rings is 1. The van der Waals surface area contributed by atoms with E-state index in [1.807, 2.05) is 30.3 Å². The predicted octanol–water partition coefficient (Wildman–Crippen LogP) is 4.60. The molecule has 1 rings (SSSR count). The number of carbonyl (C=O) groups is 5. The normalized spacial score (nSPS) is 12.4. The summed E-state index contributed by atoms with van der Waals surface area (Å²) in [5.41, 5.74) is -2.19. The van der Waals surface area contributed by atoms with E-state index in [1.165, 1.54) is 4.90 Å². The minimum atomic E-state index is -0.742. The van der Waals surface area contributed by atoms with Gasteiger partial charge in [0.2, 0.25) is 0 Å². The number of hydrogen-bond donors (Lipinski definition) is 0. The van der Waals surface area contributed by atoms with E-state index < -0.39 is 52.4 Å². The quantitative estimate of drug-likeness (QED) is 0.177. The maximum absolute atomic E-state index is 13.5. The van der Waals surface area contributed by atoms with Gasteiger partial charge in [-0.05, 0) is 88.6 Å². The highest BCUT2D eigenvalue weighted by molar-refractivity contribution is 5.76. The summed E-state index contributed by atoms with van der Waals surface area (Å²) in [5.74, 6) is -2.18. The molecule has 0 saturated heterocycles. The second kappa shape index (κ2) is 18.9. The van der Waals surface area contributed by atoms with Crippen LogP contribution in [-0.4, -0.2) is 119 Å². The van der Waals surface area contributed by atoms with E-state index >= 15 is 0 Å². The van der Waals surface area contributed by atoms with Crippen molar-refractivity contribution in [2.75, 3.05) is 52.4 Å². The van der Waals surface area contributed by atoms with Crippen LogP contribution in [0.5, 0.6) is 0 Å². The first-order valence-electron chi connectivity index (χ1n) is 16.6. The van der Waals surface area contributed by atoms with Gasteiger partial charge in [0.15, 0.2) is 0 Å². The Hall–Kier alpha value is -3.71. The van der Waals surface area contributed by atoms with Gasteiger partial charge in [-0.15, -0.1) is 0 Å². The van der Waals surface area contributed by atoms with Gasteiger partial charge in [-0.3, -0.25) is 29.0 Å². The Morgan fingerprint density at radius 2 is 0.796 bits per heavy atom. The number of carbonyl (C=O) groups excluding carboxylic acids is 5. The fourth-order valence-corrected chi connectivity index (χ4v) is 4.28. The van der Waals surface area contributed by atoms with E-state index in [0.717, 1.165) is 5.56 Å². The first-order valence-corrected chi connectivity index (χ1v) is 16.6. The Labute approximate surface area is 292 Å². The molecule has 0 spiro atoms. The van der Waals surface area contributed by atoms with E-state index in [4.69, 9.17) is 23.7 Å². The maximum Gasteiger partial charge on any atom is 0.410 e. The third-order valence-corrected chi connectivity index (χ3v) is 5.93. The second-order valence-corrected chi connectivity index (χ2v) is 15.8. The molecular weight excluding hydrogens is 634 g/mol. The highest BCUT2D eigenvalue weighted by atomic mass is 16.6. The summed E-state index contributed by atoms with van der Waals surface area (Å²) < 4.78 is 27.6. The van der Waals surface area contributed by atoms with Crippen LogP contribution in [0.4, 0.5) is 4.79 Å². The van der Waals surface area contributed by atoms with E-state index in [-0.39, 0.29) is 59.0 Å². The fourth-order valence-electron chi connectivity index (χ4n) is 4.28. The number of amides is 1. The molecule has 0 aliphatic rings. The second-order valence-electron chi connectivity index (χ2n) is 15.8. The molecule has 0 unspecified atom stereocenters. The van der Waals surface area contributed by atoms with Crippen molar-refractivity contribution in [2.45, 2.75) is 112 Å². The Balaban J connectivity index is 3.26. The predicted molar refractivity (Wildman–Crippen MR) is 184 cm³/mol. The number of hydrogen-bond acceptors (Lipinski definition) is 12. The average Bonchev–Trinajstić information content (AvgIpc) is 2.87. The van der Waals surface area contributed by atoms with Crippen LogP contribution in [0.25, 0.3) is 0 Å². The molecule has 1 aromatic carbocycles. The van der Waals surface area contributed by atoms with Crippen molar-refractivity contribution in [3.05, 3.63) is 35.9 Å². The lowest BCUT2D eigenvalue weighted by atomic mass is 10.2. The van der Waals surface area contributed by atoms with Crippen LogP contribution in [0.1, 0.15) is 88.6 Å². The van der Waals surface area contributed by atoms with Crippen LogP contribution in [0.2, 0.25) is 0 Å². The molecule has 1 amide bonds. The van der Waals surface area contributed by atoms with Crippen molar-refractivity contribution in [3.8, 4) is 0 Å². The monoisotopic (exact) mass is 693 g/mol. The van der Waals surface area contributed by atoms with Crippen molar-refractivity contribution in [3.63, 3.8) is 0 Å². The summed E-state index contributed by atoms with van der Waals surface area (Å²) in [4.78, 5) is 69.1. The zero-order valence-electron chi connectivity index (χ0n) is 31.7. The van der Waals surface area contributed by atoms with Crippen LogP contribution in [0, 0.1) is 0 Å². The van der Waals surface area contributed by atoms with Gasteiger partial charge < -0.3 is 28.6 Å². The standard InChI is InChI=1S/C36H59N3O10/c1-33(2,3)46-28(40)22-37(23-29(41)47-34(4,5)6)18-20-39(32(44)45-26-27-16-14-13-15-17-27)21-19-38(24-30(42)48-35(7,8)9)25-31(43)49-36(10,11)12/h13-17H,18-26H2,1-12H3. The molecule has 0 saturated carbocycles. The van der Waals surface area contributed by atoms with Crippen molar-refractivity contribution < 1.29 is 47.7 Å². The SMILES string of the molecule is CC(C)(C)OC(=O)CN(CCN(CCN(CC(=O)OC(C)(C)C)CC(=O)OC(C)(C)C)C(=O)OCc1ccccc1)CC(=O)OC(C)(C)C. The number of nitrogens with zero attached hydrogens (tertiary/aromatic N) is 3. The van der Waals surface area contributed by atoms with E-state index in [9.17, 15) is 24.0 Å². The highest BCUT2D eigenvalue weighted by Crippen LogP contribution is 2.13. The number of rotatable bonds is 16. The van der Waals surface area contributed by atoms with Gasteiger partial charge in [-0.25, -0.2) is 4.79 Å². The van der Waals surface area contributed by atoms with E-state index in [1.54, 1.807) is 92.9 Å². The Morgan fingerprint density at radius 1 is 0.490 bits per heavy atom. The molecule has 0 aliphatic heterocycles. The highest BCUT2D eigenvalue weighted by Gasteiger charge is 2.27. The minimum Gasteiger partial charge on any atom is -0.459 e. The molecule has 0 aliphatic carbocycles. The van der Waals surface area contributed by atoms with Gasteiger partial charge in [0.25, 0.3) is 0 Å². The van der Waals surface area contributed by atoms with Gasteiger partial charge in [0.1, 0.15) is 29.0 Å². The molecule has 0 N–H and O–H groups in total. The first-order chi connectivity index (χ1) is 22.3. The lowest BCUT2D eigenvalue weighted by Gasteiger charge is -2.30. The molecule has 0 atom stereocenters. The summed E-state index contributed by atoms with van der Waals surface area (Å²) in [6.45, 7) is 20.2. The molecule has 13 nitrogen and oxygen atoms in total. The lowest BCUT2D eigenvalue weighted by molar-refractivity contribution is -0.162. The largest absolute Gasteiger partial charge is 0.459 e. The van der Waals surface area contributed by atoms with Crippen LogP contribution in [0.15, 0.2) is 30.3 Å². The van der Waals surface area contributed by atoms with Crippen LogP contribution >= 0.6 is 0 Å². The molecule has 0 aromatic heterocycles. The first kappa shape index (κ1) is 43.3. The van der Waals surface area contributed by atoms with Gasteiger partial charge in [-0.1, -0.05) is 30.3 Å². The zero-order valence-corrected chi connectivity index (χ0v) is 31.7. The van der Waals surface area contributed by atoms with Gasteiger partial charge >= 0.3 is 30.0 Å². The van der Waals surface area contributed by atoms with Crippen LogP contribution in [0.3, 0.4) is 0 Å². The van der Waals surface area contributed by atoms with Crippen molar-refractivity contribution >= 4 is 30.0 Å². The number of esters is 4. The van der Waals surface area contributed by atoms with Gasteiger partial charge in [0, 0.05) is 26.2 Å². The smallest absolute Gasteiger partial charge is 0.410 e. The zero-order chi connectivity index (χ0) is 37.6. The number of ether oxygens (including phenoxy) is 5. The Kier molecular flexibility index (Phi) is 16.7. The lowest BCUT2D eigenvalue weighted by Crippen LogP contribution is -2.47. The molecule has 13 heteroatoms. The van der Waals surface area contributed by atoms with Crippen molar-refractivity contribution in [1.29, 1.82) is 0 Å². The van der Waals surface area contributed by atoms with E-state index in [0.29, 0.717) is 0 Å². The summed E-state index contributed by atoms with van der Waals surface area (Å²) in [6, 6.07) is 9.16. The molecule has 0 bridgehead atoms. The summed E-state index contributed by atoms with van der Waals surface area (Å²) >= 11 is 0. The summed E-state index contributed by atoms with van der Waals surface area (Å²) in [6.07, 6.45) is -0.659. The topological polar surface area (TPSA) is 141 Å². The molecule has 0 heterocycles. The van der Waals surface area contributed by atoms with Crippen LogP contribution < -0.4 is 0 Å². The van der Waals surface area contributed by atoms with Gasteiger partial charge in [0.05, 0.1) is 26.2 Å². The summed E-state index contributed by atoms with van der Waals surface area (Å²) in [5, 5.41) is 0. The van der Waals surface area contributed by atoms with E-state index in [2.05, 4.69) is 0 Å². The van der Waals surface area contributed by atoms with Crippen LogP contribution in [-0.2, 0) is 49.5 Å². The molecule has 0 radical (unpaired) electrons. The third-order valence-electron chi connectivity index (χ3n) is 5.93. The van der Waals surface area contributed by atoms with Crippen molar-refractivity contribution in [2.24, 2.45) is 0 Å². The van der Waals surface area contributed by atoms with Crippen molar-refractivity contribution in [1.82, 2.24) is 14.7 Å². The molecule has 1 aromatic rings. The average molecular weight is 694 g/mol. The molecule has 49 heavy (non-hydrogen) atoms.